The van der Waals surface area contributed by atoms with Gasteiger partial charge in [-0.2, -0.15) is 0 Å². The molecule has 3 heteroatoms. The Morgan fingerprint density at radius 2 is 2.13 bits per heavy atom. The molecule has 0 radical (unpaired) electrons. The molecule has 0 heterocycles. The number of carbonyl (C=O) groups excluding carboxylic acids is 1. The highest BCUT2D eigenvalue weighted by atomic mass is 16.5. The molecule has 15 heavy (non-hydrogen) atoms. The topological polar surface area (TPSA) is 46.5 Å². The summed E-state index contributed by atoms with van der Waals surface area (Å²) in [6, 6.07) is 0. The van der Waals surface area contributed by atoms with Crippen molar-refractivity contribution in [3.8, 4) is 0 Å². The summed E-state index contributed by atoms with van der Waals surface area (Å²) >= 11 is 0. The van der Waals surface area contributed by atoms with Gasteiger partial charge in [0, 0.05) is 0 Å². The molecule has 0 aliphatic heterocycles. The number of esters is 1. The molecule has 0 fully saturated rings. The third-order valence-corrected chi connectivity index (χ3v) is 2.47. The van der Waals surface area contributed by atoms with Gasteiger partial charge < -0.3 is 9.84 Å². The van der Waals surface area contributed by atoms with Gasteiger partial charge in [-0.05, 0) is 12.3 Å². The molecule has 0 rings (SSSR count). The standard InChI is InChI=1S/C12H22O3/c1-4-6-7-11(5-2)9-15-12(14)10(3)8-13/h11,13H,3-9H2,1-2H3. The van der Waals surface area contributed by atoms with Crippen molar-refractivity contribution in [2.75, 3.05) is 13.2 Å². The SMILES string of the molecule is C=C(CO)C(=O)OCC(CC)CCCC. The van der Waals surface area contributed by atoms with Crippen molar-refractivity contribution in [3.05, 3.63) is 12.2 Å². The van der Waals surface area contributed by atoms with Crippen LogP contribution in [0.3, 0.4) is 0 Å². The van der Waals surface area contributed by atoms with Crippen LogP contribution in [-0.4, -0.2) is 24.3 Å². The predicted molar refractivity (Wildman–Crippen MR) is 60.5 cm³/mol. The first-order valence-corrected chi connectivity index (χ1v) is 5.61. The summed E-state index contributed by atoms with van der Waals surface area (Å²) in [6.45, 7) is 7.76. The van der Waals surface area contributed by atoms with Crippen molar-refractivity contribution in [1.29, 1.82) is 0 Å². The molecule has 3 nitrogen and oxygen atoms in total. The van der Waals surface area contributed by atoms with Gasteiger partial charge in [0.05, 0.1) is 18.8 Å². The van der Waals surface area contributed by atoms with E-state index in [1.807, 2.05) is 0 Å². The monoisotopic (exact) mass is 214 g/mol. The average molecular weight is 214 g/mol. The van der Waals surface area contributed by atoms with E-state index >= 15 is 0 Å². The van der Waals surface area contributed by atoms with Crippen LogP contribution in [0.25, 0.3) is 0 Å². The summed E-state index contributed by atoms with van der Waals surface area (Å²) in [7, 11) is 0. The fraction of sp³-hybridized carbons (Fsp3) is 0.750. The highest BCUT2D eigenvalue weighted by molar-refractivity contribution is 5.87. The molecular formula is C12H22O3. The predicted octanol–water partition coefficient (Wildman–Crippen LogP) is 2.29. The Kier molecular flexibility index (Phi) is 8.01. The quantitative estimate of drug-likeness (QED) is 0.498. The van der Waals surface area contributed by atoms with Crippen molar-refractivity contribution in [3.63, 3.8) is 0 Å². The zero-order chi connectivity index (χ0) is 11.7. The Morgan fingerprint density at radius 3 is 2.60 bits per heavy atom. The summed E-state index contributed by atoms with van der Waals surface area (Å²) in [4.78, 5) is 11.2. The maximum Gasteiger partial charge on any atom is 0.335 e. The smallest absolute Gasteiger partial charge is 0.335 e. The van der Waals surface area contributed by atoms with E-state index in [-0.39, 0.29) is 12.2 Å². The zero-order valence-electron chi connectivity index (χ0n) is 9.79. The minimum Gasteiger partial charge on any atom is -0.462 e. The highest BCUT2D eigenvalue weighted by Gasteiger charge is 2.11. The Morgan fingerprint density at radius 1 is 1.47 bits per heavy atom. The molecule has 1 N–H and O–H groups in total. The first-order chi connectivity index (χ1) is 7.15. The molecular weight excluding hydrogens is 192 g/mol. The highest BCUT2D eigenvalue weighted by Crippen LogP contribution is 2.13. The van der Waals surface area contributed by atoms with Gasteiger partial charge in [0.1, 0.15) is 0 Å². The van der Waals surface area contributed by atoms with E-state index < -0.39 is 5.97 Å². The minimum absolute atomic E-state index is 0.125. The van der Waals surface area contributed by atoms with Crippen LogP contribution in [0, 0.1) is 5.92 Å². The van der Waals surface area contributed by atoms with Crippen LogP contribution < -0.4 is 0 Å². The summed E-state index contributed by atoms with van der Waals surface area (Å²) in [5.41, 5.74) is 0.125. The minimum atomic E-state index is -0.479. The number of aliphatic hydroxyl groups excluding tert-OH is 1. The molecule has 1 unspecified atom stereocenters. The Hall–Kier alpha value is -0.830. The molecule has 0 aromatic heterocycles. The lowest BCUT2D eigenvalue weighted by molar-refractivity contribution is -0.140. The molecule has 0 aliphatic rings. The van der Waals surface area contributed by atoms with Crippen molar-refractivity contribution in [2.45, 2.75) is 39.5 Å². The van der Waals surface area contributed by atoms with Gasteiger partial charge in [0.2, 0.25) is 0 Å². The lowest BCUT2D eigenvalue weighted by atomic mass is 10.0. The molecule has 0 spiro atoms. The van der Waals surface area contributed by atoms with E-state index in [0.29, 0.717) is 12.5 Å². The van der Waals surface area contributed by atoms with Crippen LogP contribution in [0.1, 0.15) is 39.5 Å². The maximum absolute atomic E-state index is 11.2. The van der Waals surface area contributed by atoms with Crippen molar-refractivity contribution >= 4 is 5.97 Å². The molecule has 1 atom stereocenters. The van der Waals surface area contributed by atoms with Crippen LogP contribution in [-0.2, 0) is 9.53 Å². The molecule has 0 saturated heterocycles. The van der Waals surface area contributed by atoms with E-state index in [4.69, 9.17) is 9.84 Å². The van der Waals surface area contributed by atoms with Gasteiger partial charge in [-0.15, -0.1) is 0 Å². The van der Waals surface area contributed by atoms with Gasteiger partial charge in [-0.25, -0.2) is 4.79 Å². The number of carbonyl (C=O) groups is 1. The maximum atomic E-state index is 11.2. The van der Waals surface area contributed by atoms with E-state index in [1.54, 1.807) is 0 Å². The molecule has 0 bridgehead atoms. The normalized spacial score (nSPS) is 12.2. The number of hydrogen-bond donors (Lipinski definition) is 1. The lowest BCUT2D eigenvalue weighted by Gasteiger charge is -2.14. The van der Waals surface area contributed by atoms with Crippen LogP contribution in [0.2, 0.25) is 0 Å². The van der Waals surface area contributed by atoms with E-state index in [0.717, 1.165) is 25.7 Å². The van der Waals surface area contributed by atoms with Crippen LogP contribution in [0.4, 0.5) is 0 Å². The largest absolute Gasteiger partial charge is 0.462 e. The van der Waals surface area contributed by atoms with Gasteiger partial charge in [0.25, 0.3) is 0 Å². The van der Waals surface area contributed by atoms with E-state index in [9.17, 15) is 4.79 Å². The van der Waals surface area contributed by atoms with Gasteiger partial charge in [0.15, 0.2) is 0 Å². The molecule has 88 valence electrons. The Balaban J connectivity index is 3.79. The number of unbranched alkanes of at least 4 members (excludes halogenated alkanes) is 1. The van der Waals surface area contributed by atoms with E-state index in [2.05, 4.69) is 20.4 Å². The molecule has 0 amide bonds. The van der Waals surface area contributed by atoms with Gasteiger partial charge >= 0.3 is 5.97 Å². The fourth-order valence-electron chi connectivity index (χ4n) is 1.26. The second-order valence-corrected chi connectivity index (χ2v) is 3.78. The number of ether oxygens (including phenoxy) is 1. The van der Waals surface area contributed by atoms with Crippen molar-refractivity contribution in [2.24, 2.45) is 5.92 Å². The molecule has 0 aliphatic carbocycles. The van der Waals surface area contributed by atoms with Gasteiger partial charge in [-0.3, -0.25) is 0 Å². The Bertz CT molecular complexity index is 199. The third-order valence-electron chi connectivity index (χ3n) is 2.47. The summed E-state index contributed by atoms with van der Waals surface area (Å²) < 4.78 is 5.05. The number of aliphatic hydroxyl groups is 1. The second-order valence-electron chi connectivity index (χ2n) is 3.78. The average Bonchev–Trinajstić information content (AvgIpc) is 2.27. The summed E-state index contributed by atoms with van der Waals surface area (Å²) in [5.74, 6) is -0.0483. The van der Waals surface area contributed by atoms with Gasteiger partial charge in [-0.1, -0.05) is 39.7 Å². The van der Waals surface area contributed by atoms with Crippen LogP contribution in [0.15, 0.2) is 12.2 Å². The zero-order valence-corrected chi connectivity index (χ0v) is 9.79. The first kappa shape index (κ1) is 14.2. The second kappa shape index (κ2) is 8.48. The first-order valence-electron chi connectivity index (χ1n) is 5.61. The fourth-order valence-corrected chi connectivity index (χ4v) is 1.26. The molecule has 0 aromatic rings. The summed E-state index contributed by atoms with van der Waals surface area (Å²) in [6.07, 6.45) is 4.43. The lowest BCUT2D eigenvalue weighted by Crippen LogP contribution is -2.16. The summed E-state index contributed by atoms with van der Waals surface area (Å²) in [5, 5.41) is 8.67. The third kappa shape index (κ3) is 6.28. The number of rotatable bonds is 8. The van der Waals surface area contributed by atoms with E-state index in [1.165, 1.54) is 0 Å². The number of hydrogen-bond acceptors (Lipinski definition) is 3. The van der Waals surface area contributed by atoms with Crippen LogP contribution >= 0.6 is 0 Å². The van der Waals surface area contributed by atoms with Crippen LogP contribution in [0.5, 0.6) is 0 Å². The van der Waals surface area contributed by atoms with Crippen molar-refractivity contribution < 1.29 is 14.6 Å². The molecule has 0 aromatic carbocycles. The Labute approximate surface area is 92.1 Å². The van der Waals surface area contributed by atoms with Crippen molar-refractivity contribution in [1.82, 2.24) is 0 Å². The molecule has 0 saturated carbocycles.